The lowest BCUT2D eigenvalue weighted by molar-refractivity contribution is 0.0420. The highest BCUT2D eigenvalue weighted by Crippen LogP contribution is 2.20. The molecule has 0 fully saturated rings. The van der Waals surface area contributed by atoms with Gasteiger partial charge in [0.2, 0.25) is 6.10 Å². The molecule has 0 unspecified atom stereocenters. The van der Waals surface area contributed by atoms with Crippen molar-refractivity contribution in [3.63, 3.8) is 0 Å². The Hall–Kier alpha value is -2.02. The van der Waals surface area contributed by atoms with E-state index in [0.29, 0.717) is 5.56 Å². The van der Waals surface area contributed by atoms with Crippen LogP contribution in [0.15, 0.2) is 24.3 Å². The Labute approximate surface area is 94.4 Å². The van der Waals surface area contributed by atoms with Crippen LogP contribution in [0, 0.1) is 18.3 Å². The van der Waals surface area contributed by atoms with Gasteiger partial charge >= 0.3 is 6.16 Å². The maximum Gasteiger partial charge on any atom is 0.509 e. The first-order valence-electron chi connectivity index (χ1n) is 4.97. The smallest absolute Gasteiger partial charge is 0.435 e. The fourth-order valence-electron chi connectivity index (χ4n) is 1.29. The molecular weight excluding hydrogens is 206 g/mol. The van der Waals surface area contributed by atoms with Gasteiger partial charge in [0.25, 0.3) is 0 Å². The molecule has 0 bridgehead atoms. The molecule has 0 aliphatic rings. The normalized spacial score (nSPS) is 11.3. The average Bonchev–Trinajstić information content (AvgIpc) is 2.27. The van der Waals surface area contributed by atoms with Crippen molar-refractivity contribution in [1.29, 1.82) is 5.26 Å². The zero-order valence-corrected chi connectivity index (χ0v) is 9.27. The zero-order valence-electron chi connectivity index (χ0n) is 9.27. The van der Waals surface area contributed by atoms with Crippen molar-refractivity contribution in [2.24, 2.45) is 0 Å². The largest absolute Gasteiger partial charge is 0.509 e. The summed E-state index contributed by atoms with van der Waals surface area (Å²) in [5.41, 5.74) is 1.58. The van der Waals surface area contributed by atoms with E-state index in [9.17, 15) is 4.79 Å². The van der Waals surface area contributed by atoms with Crippen molar-refractivity contribution in [2.45, 2.75) is 20.0 Å². The summed E-state index contributed by atoms with van der Waals surface area (Å²) in [6.45, 7) is 3.76. The van der Waals surface area contributed by atoms with E-state index < -0.39 is 12.3 Å². The fraction of sp³-hybridized carbons (Fsp3) is 0.333. The van der Waals surface area contributed by atoms with Gasteiger partial charge in [-0.25, -0.2) is 4.79 Å². The fourth-order valence-corrected chi connectivity index (χ4v) is 1.29. The number of hydrogen-bond donors (Lipinski definition) is 0. The van der Waals surface area contributed by atoms with Gasteiger partial charge in [-0.15, -0.1) is 0 Å². The van der Waals surface area contributed by atoms with Crippen LogP contribution in [0.2, 0.25) is 0 Å². The highest BCUT2D eigenvalue weighted by molar-refractivity contribution is 5.60. The second-order valence-electron chi connectivity index (χ2n) is 3.17. The highest BCUT2D eigenvalue weighted by atomic mass is 16.7. The number of ether oxygens (including phenoxy) is 2. The van der Waals surface area contributed by atoms with Crippen LogP contribution in [0.4, 0.5) is 4.79 Å². The first-order valence-corrected chi connectivity index (χ1v) is 4.97. The molecule has 0 aliphatic heterocycles. The number of carbonyl (C=O) groups excluding carboxylic acids is 1. The Morgan fingerprint density at radius 2 is 2.19 bits per heavy atom. The van der Waals surface area contributed by atoms with Crippen LogP contribution in [-0.4, -0.2) is 12.8 Å². The molecule has 1 aromatic rings. The summed E-state index contributed by atoms with van der Waals surface area (Å²) in [5, 5.41) is 8.94. The lowest BCUT2D eigenvalue weighted by Crippen LogP contribution is -2.12. The van der Waals surface area contributed by atoms with Crippen LogP contribution in [0.1, 0.15) is 24.2 Å². The summed E-state index contributed by atoms with van der Waals surface area (Å²) in [7, 11) is 0. The van der Waals surface area contributed by atoms with Crippen LogP contribution in [0.25, 0.3) is 0 Å². The van der Waals surface area contributed by atoms with Gasteiger partial charge in [-0.05, 0) is 19.4 Å². The number of hydrogen-bond acceptors (Lipinski definition) is 4. The monoisotopic (exact) mass is 219 g/mol. The highest BCUT2D eigenvalue weighted by Gasteiger charge is 2.18. The first-order chi connectivity index (χ1) is 7.69. The third-order valence-corrected chi connectivity index (χ3v) is 2.06. The Bertz CT molecular complexity index is 409. The van der Waals surface area contributed by atoms with Crippen LogP contribution < -0.4 is 0 Å². The van der Waals surface area contributed by atoms with Gasteiger partial charge in [0.05, 0.1) is 6.61 Å². The van der Waals surface area contributed by atoms with Crippen molar-refractivity contribution in [2.75, 3.05) is 6.61 Å². The lowest BCUT2D eigenvalue weighted by Gasteiger charge is -2.12. The minimum absolute atomic E-state index is 0.227. The molecule has 16 heavy (non-hydrogen) atoms. The third-order valence-electron chi connectivity index (χ3n) is 2.06. The lowest BCUT2D eigenvalue weighted by atomic mass is 10.0. The number of nitrogens with zero attached hydrogens (tertiary/aromatic N) is 1. The van der Waals surface area contributed by atoms with E-state index in [1.165, 1.54) is 0 Å². The van der Waals surface area contributed by atoms with Gasteiger partial charge < -0.3 is 9.47 Å². The molecular formula is C12H13NO3. The van der Waals surface area contributed by atoms with E-state index in [2.05, 4.69) is 4.74 Å². The molecule has 1 aromatic carbocycles. The minimum Gasteiger partial charge on any atom is -0.435 e. The summed E-state index contributed by atoms with van der Waals surface area (Å²) in [5.74, 6) is 0. The predicted molar refractivity (Wildman–Crippen MR) is 57.6 cm³/mol. The summed E-state index contributed by atoms with van der Waals surface area (Å²) in [6, 6.07) is 9.18. The second-order valence-corrected chi connectivity index (χ2v) is 3.17. The van der Waals surface area contributed by atoms with Crippen molar-refractivity contribution in [3.05, 3.63) is 35.4 Å². The van der Waals surface area contributed by atoms with E-state index in [0.717, 1.165) is 5.56 Å². The number of carbonyl (C=O) groups is 1. The molecule has 0 aliphatic carbocycles. The van der Waals surface area contributed by atoms with E-state index in [-0.39, 0.29) is 6.61 Å². The molecule has 4 heteroatoms. The van der Waals surface area contributed by atoms with E-state index in [4.69, 9.17) is 10.00 Å². The molecule has 1 atom stereocenters. The van der Waals surface area contributed by atoms with Crippen LogP contribution in [-0.2, 0) is 9.47 Å². The van der Waals surface area contributed by atoms with Gasteiger partial charge in [-0.2, -0.15) is 5.26 Å². The number of rotatable bonds is 3. The Morgan fingerprint density at radius 3 is 2.75 bits per heavy atom. The maximum absolute atomic E-state index is 11.1. The predicted octanol–water partition coefficient (Wildman–Crippen LogP) is 2.73. The summed E-state index contributed by atoms with van der Waals surface area (Å²) >= 11 is 0. The molecule has 0 N–H and O–H groups in total. The van der Waals surface area contributed by atoms with Crippen molar-refractivity contribution >= 4 is 6.16 Å². The summed E-state index contributed by atoms with van der Waals surface area (Å²) in [6.07, 6.45) is -1.74. The van der Waals surface area contributed by atoms with E-state index >= 15 is 0 Å². The van der Waals surface area contributed by atoms with E-state index in [1.54, 1.807) is 19.1 Å². The number of aryl methyl sites for hydroxylation is 1. The molecule has 0 amide bonds. The number of benzene rings is 1. The van der Waals surface area contributed by atoms with Crippen LogP contribution in [0.3, 0.4) is 0 Å². The molecule has 0 saturated heterocycles. The Balaban J connectivity index is 2.80. The second kappa shape index (κ2) is 5.76. The van der Waals surface area contributed by atoms with E-state index in [1.807, 2.05) is 25.1 Å². The van der Waals surface area contributed by atoms with Gasteiger partial charge in [0, 0.05) is 5.56 Å². The first kappa shape index (κ1) is 12.1. The summed E-state index contributed by atoms with van der Waals surface area (Å²) < 4.78 is 9.51. The Morgan fingerprint density at radius 1 is 1.50 bits per heavy atom. The maximum atomic E-state index is 11.1. The van der Waals surface area contributed by atoms with Crippen LogP contribution >= 0.6 is 0 Å². The quantitative estimate of drug-likeness (QED) is 0.733. The topological polar surface area (TPSA) is 59.3 Å². The van der Waals surface area contributed by atoms with Gasteiger partial charge in [-0.1, -0.05) is 24.3 Å². The van der Waals surface area contributed by atoms with Crippen LogP contribution in [0.5, 0.6) is 0 Å². The minimum atomic E-state index is -0.916. The molecule has 0 spiro atoms. The molecule has 0 aromatic heterocycles. The molecule has 0 radical (unpaired) electrons. The SMILES string of the molecule is CCOC(=O)O[C@@H](C#N)c1ccccc1C. The zero-order chi connectivity index (χ0) is 12.0. The van der Waals surface area contributed by atoms with Crippen molar-refractivity contribution < 1.29 is 14.3 Å². The molecule has 0 heterocycles. The van der Waals surface area contributed by atoms with Gasteiger partial charge in [0.15, 0.2) is 0 Å². The van der Waals surface area contributed by atoms with Crippen molar-refractivity contribution in [3.8, 4) is 6.07 Å². The third kappa shape index (κ3) is 2.99. The van der Waals surface area contributed by atoms with Gasteiger partial charge in [0.1, 0.15) is 6.07 Å². The van der Waals surface area contributed by atoms with Crippen molar-refractivity contribution in [1.82, 2.24) is 0 Å². The molecule has 1 rings (SSSR count). The molecule has 84 valence electrons. The standard InChI is InChI=1S/C12H13NO3/c1-3-15-12(14)16-11(8-13)10-7-5-4-6-9(10)2/h4-7,11H,3H2,1-2H3/t11-/m0/s1. The molecule has 0 saturated carbocycles. The van der Waals surface area contributed by atoms with Gasteiger partial charge in [-0.3, -0.25) is 0 Å². The molecule has 4 nitrogen and oxygen atoms in total. The number of nitriles is 1. The Kier molecular flexibility index (Phi) is 4.34. The average molecular weight is 219 g/mol. The summed E-state index contributed by atoms with van der Waals surface area (Å²) in [4.78, 5) is 11.1.